The molecule has 0 spiro atoms. The Hall–Kier alpha value is -1.51. The van der Waals surface area contributed by atoms with Gasteiger partial charge >= 0.3 is 6.18 Å². The van der Waals surface area contributed by atoms with Crippen molar-refractivity contribution in [2.45, 2.75) is 20.0 Å². The number of halogens is 3. The maximum Gasteiger partial charge on any atom is 0.416 e. The summed E-state index contributed by atoms with van der Waals surface area (Å²) in [5.74, 6) is 0. The van der Waals surface area contributed by atoms with Gasteiger partial charge in [0.1, 0.15) is 0 Å². The van der Waals surface area contributed by atoms with Crippen LogP contribution in [0.4, 0.5) is 13.2 Å². The van der Waals surface area contributed by atoms with Gasteiger partial charge in [-0.25, -0.2) is 0 Å². The first-order valence-corrected chi connectivity index (χ1v) is 4.97. The lowest BCUT2D eigenvalue weighted by Crippen LogP contribution is -2.08. The Morgan fingerprint density at radius 1 is 0.938 bits per heavy atom. The number of fused-ring (bicyclic) bond motifs is 1. The highest BCUT2D eigenvalue weighted by Crippen LogP contribution is 2.36. The standard InChI is InChI=1S/C13H11F3/c1-8-9(2)12(13(14,15)16)7-10-5-3-4-6-11(8)10/h3-7H,1-2H3. The molecule has 0 aliphatic heterocycles. The summed E-state index contributed by atoms with van der Waals surface area (Å²) in [6.45, 7) is 3.25. The summed E-state index contributed by atoms with van der Waals surface area (Å²) < 4.78 is 38.3. The zero-order valence-electron chi connectivity index (χ0n) is 9.02. The Bertz CT molecular complexity index is 539. The summed E-state index contributed by atoms with van der Waals surface area (Å²) in [6.07, 6.45) is -4.28. The van der Waals surface area contributed by atoms with E-state index in [1.807, 2.05) is 12.1 Å². The van der Waals surface area contributed by atoms with Crippen LogP contribution in [0.1, 0.15) is 16.7 Å². The normalized spacial score (nSPS) is 12.1. The first-order chi connectivity index (χ1) is 7.41. The Morgan fingerprint density at radius 3 is 2.19 bits per heavy atom. The third-order valence-electron chi connectivity index (χ3n) is 2.94. The van der Waals surface area contributed by atoms with Crippen LogP contribution in [-0.4, -0.2) is 0 Å². The number of aryl methyl sites for hydroxylation is 1. The average molecular weight is 224 g/mol. The van der Waals surface area contributed by atoms with E-state index < -0.39 is 11.7 Å². The van der Waals surface area contributed by atoms with E-state index in [0.29, 0.717) is 16.5 Å². The molecule has 0 aliphatic carbocycles. The molecule has 0 amide bonds. The molecular weight excluding hydrogens is 213 g/mol. The monoisotopic (exact) mass is 224 g/mol. The second-order valence-corrected chi connectivity index (χ2v) is 3.89. The average Bonchev–Trinajstić information content (AvgIpc) is 2.22. The minimum Gasteiger partial charge on any atom is -0.166 e. The Labute approximate surface area is 91.7 Å². The van der Waals surface area contributed by atoms with E-state index >= 15 is 0 Å². The molecule has 0 aromatic heterocycles. The predicted molar refractivity (Wildman–Crippen MR) is 58.4 cm³/mol. The van der Waals surface area contributed by atoms with Gasteiger partial charge in [0.2, 0.25) is 0 Å². The first-order valence-electron chi connectivity index (χ1n) is 4.97. The molecule has 0 radical (unpaired) electrons. The second-order valence-electron chi connectivity index (χ2n) is 3.89. The van der Waals surface area contributed by atoms with Crippen LogP contribution in [0, 0.1) is 13.8 Å². The van der Waals surface area contributed by atoms with Gasteiger partial charge in [-0.2, -0.15) is 13.2 Å². The van der Waals surface area contributed by atoms with Gasteiger partial charge in [0, 0.05) is 0 Å². The number of hydrogen-bond acceptors (Lipinski definition) is 0. The van der Waals surface area contributed by atoms with Crippen molar-refractivity contribution >= 4 is 10.8 Å². The fraction of sp³-hybridized carbons (Fsp3) is 0.231. The van der Waals surface area contributed by atoms with Crippen molar-refractivity contribution < 1.29 is 13.2 Å². The number of alkyl halides is 3. The molecule has 0 heterocycles. The lowest BCUT2D eigenvalue weighted by atomic mass is 9.96. The highest BCUT2D eigenvalue weighted by atomic mass is 19.4. The molecule has 0 bridgehead atoms. The van der Waals surface area contributed by atoms with Gasteiger partial charge in [-0.15, -0.1) is 0 Å². The van der Waals surface area contributed by atoms with Crippen LogP contribution in [-0.2, 0) is 6.18 Å². The van der Waals surface area contributed by atoms with Crippen LogP contribution in [0.5, 0.6) is 0 Å². The number of hydrogen-bond donors (Lipinski definition) is 0. The van der Waals surface area contributed by atoms with Crippen molar-refractivity contribution in [2.75, 3.05) is 0 Å². The summed E-state index contributed by atoms with van der Waals surface area (Å²) in [4.78, 5) is 0. The van der Waals surface area contributed by atoms with Crippen LogP contribution in [0.2, 0.25) is 0 Å². The smallest absolute Gasteiger partial charge is 0.166 e. The molecule has 0 fully saturated rings. The molecule has 0 aliphatic rings. The lowest BCUT2D eigenvalue weighted by Gasteiger charge is -2.14. The van der Waals surface area contributed by atoms with Gasteiger partial charge in [-0.1, -0.05) is 24.3 Å². The largest absolute Gasteiger partial charge is 0.416 e. The van der Waals surface area contributed by atoms with Gasteiger partial charge in [-0.3, -0.25) is 0 Å². The molecule has 3 heteroatoms. The topological polar surface area (TPSA) is 0 Å². The maximum absolute atomic E-state index is 12.8. The fourth-order valence-electron chi connectivity index (χ4n) is 1.93. The molecular formula is C13H11F3. The van der Waals surface area contributed by atoms with Crippen molar-refractivity contribution in [3.05, 3.63) is 47.0 Å². The summed E-state index contributed by atoms with van der Waals surface area (Å²) in [5, 5.41) is 1.52. The molecule has 0 saturated heterocycles. The molecule has 0 N–H and O–H groups in total. The van der Waals surface area contributed by atoms with Crippen molar-refractivity contribution in [1.29, 1.82) is 0 Å². The third-order valence-corrected chi connectivity index (χ3v) is 2.94. The third kappa shape index (κ3) is 1.66. The second kappa shape index (κ2) is 3.51. The Balaban J connectivity index is 2.84. The van der Waals surface area contributed by atoms with E-state index in [1.54, 1.807) is 19.1 Å². The molecule has 2 rings (SSSR count). The van der Waals surface area contributed by atoms with E-state index in [2.05, 4.69) is 0 Å². The maximum atomic E-state index is 12.8. The molecule has 0 nitrogen and oxygen atoms in total. The van der Waals surface area contributed by atoms with Crippen LogP contribution in [0.25, 0.3) is 10.8 Å². The summed E-state index contributed by atoms with van der Waals surface area (Å²) >= 11 is 0. The van der Waals surface area contributed by atoms with Crippen molar-refractivity contribution in [3.8, 4) is 0 Å². The molecule has 0 atom stereocenters. The first kappa shape index (κ1) is 11.0. The summed E-state index contributed by atoms with van der Waals surface area (Å²) in [7, 11) is 0. The fourth-order valence-corrected chi connectivity index (χ4v) is 1.93. The van der Waals surface area contributed by atoms with E-state index in [9.17, 15) is 13.2 Å². The van der Waals surface area contributed by atoms with Crippen LogP contribution in [0.15, 0.2) is 30.3 Å². The van der Waals surface area contributed by atoms with E-state index in [-0.39, 0.29) is 0 Å². The number of benzene rings is 2. The van der Waals surface area contributed by atoms with E-state index in [0.717, 1.165) is 5.39 Å². The molecule has 2 aromatic rings. The van der Waals surface area contributed by atoms with Gasteiger partial charge in [0.25, 0.3) is 0 Å². The summed E-state index contributed by atoms with van der Waals surface area (Å²) in [5.41, 5.74) is 0.473. The zero-order chi connectivity index (χ0) is 11.9. The quantitative estimate of drug-likeness (QED) is 0.619. The highest BCUT2D eigenvalue weighted by Gasteiger charge is 2.33. The van der Waals surface area contributed by atoms with Gasteiger partial charge in [-0.05, 0) is 41.8 Å². The lowest BCUT2D eigenvalue weighted by molar-refractivity contribution is -0.138. The molecule has 2 aromatic carbocycles. The Kier molecular flexibility index (Phi) is 2.41. The van der Waals surface area contributed by atoms with E-state index in [1.165, 1.54) is 13.0 Å². The molecule has 16 heavy (non-hydrogen) atoms. The minimum atomic E-state index is -4.28. The highest BCUT2D eigenvalue weighted by molar-refractivity contribution is 5.87. The molecule has 0 saturated carbocycles. The van der Waals surface area contributed by atoms with Crippen molar-refractivity contribution in [3.63, 3.8) is 0 Å². The Morgan fingerprint density at radius 2 is 1.56 bits per heavy atom. The van der Waals surface area contributed by atoms with Gasteiger partial charge < -0.3 is 0 Å². The van der Waals surface area contributed by atoms with Crippen molar-refractivity contribution in [1.82, 2.24) is 0 Å². The van der Waals surface area contributed by atoms with Crippen LogP contribution < -0.4 is 0 Å². The van der Waals surface area contributed by atoms with Crippen LogP contribution >= 0.6 is 0 Å². The minimum absolute atomic E-state index is 0.311. The zero-order valence-corrected chi connectivity index (χ0v) is 9.02. The van der Waals surface area contributed by atoms with Crippen molar-refractivity contribution in [2.24, 2.45) is 0 Å². The SMILES string of the molecule is Cc1c(C(F)(F)F)cc2ccccc2c1C. The summed E-state index contributed by atoms with van der Waals surface area (Å²) in [6, 6.07) is 8.35. The van der Waals surface area contributed by atoms with Gasteiger partial charge in [0.15, 0.2) is 0 Å². The number of rotatable bonds is 0. The molecule has 0 unspecified atom stereocenters. The van der Waals surface area contributed by atoms with Crippen LogP contribution in [0.3, 0.4) is 0 Å². The van der Waals surface area contributed by atoms with Gasteiger partial charge in [0.05, 0.1) is 5.56 Å². The molecule has 84 valence electrons. The predicted octanol–water partition coefficient (Wildman–Crippen LogP) is 4.48. The van der Waals surface area contributed by atoms with E-state index in [4.69, 9.17) is 0 Å².